The van der Waals surface area contributed by atoms with E-state index in [1.54, 1.807) is 0 Å². The molecule has 5 nitrogen and oxygen atoms in total. The van der Waals surface area contributed by atoms with E-state index in [-0.39, 0.29) is 0 Å². The fourth-order valence-corrected chi connectivity index (χ4v) is 2.84. The molecule has 94 valence electrons. The van der Waals surface area contributed by atoms with Crippen molar-refractivity contribution in [3.05, 3.63) is 11.3 Å². The van der Waals surface area contributed by atoms with E-state index in [0.717, 1.165) is 51.4 Å². The number of likely N-dealkylation sites (N-methyl/N-ethyl adjacent to an activating group) is 1. The van der Waals surface area contributed by atoms with Crippen LogP contribution < -0.4 is 5.73 Å². The van der Waals surface area contributed by atoms with Gasteiger partial charge in [0.05, 0.1) is 6.04 Å². The first-order chi connectivity index (χ1) is 8.25. The summed E-state index contributed by atoms with van der Waals surface area (Å²) in [7, 11) is 2.13. The SMILES string of the molecule is CN1CCc2c(c(N)nn2C2CCOCC2)C1. The molecular formula is C12H20N4O. The van der Waals surface area contributed by atoms with E-state index >= 15 is 0 Å². The smallest absolute Gasteiger partial charge is 0.150 e. The first-order valence-corrected chi connectivity index (χ1v) is 6.37. The maximum absolute atomic E-state index is 6.04. The van der Waals surface area contributed by atoms with Gasteiger partial charge in [0.1, 0.15) is 5.82 Å². The van der Waals surface area contributed by atoms with Crippen molar-refractivity contribution < 1.29 is 4.74 Å². The van der Waals surface area contributed by atoms with Gasteiger partial charge >= 0.3 is 0 Å². The second-order valence-corrected chi connectivity index (χ2v) is 5.09. The molecule has 2 aliphatic rings. The minimum Gasteiger partial charge on any atom is -0.382 e. The Hall–Kier alpha value is -1.07. The standard InChI is InChI=1S/C12H20N4O/c1-15-5-2-11-10(8-15)12(13)14-16(11)9-3-6-17-7-4-9/h9H,2-8H2,1H3,(H2,13,14). The topological polar surface area (TPSA) is 56.3 Å². The van der Waals surface area contributed by atoms with Gasteiger partial charge in [-0.05, 0) is 19.9 Å². The summed E-state index contributed by atoms with van der Waals surface area (Å²) in [5, 5.41) is 4.56. The molecule has 1 fully saturated rings. The van der Waals surface area contributed by atoms with Gasteiger partial charge in [0.2, 0.25) is 0 Å². The molecule has 2 N–H and O–H groups in total. The summed E-state index contributed by atoms with van der Waals surface area (Å²) in [6.45, 7) is 3.73. The zero-order valence-corrected chi connectivity index (χ0v) is 10.4. The summed E-state index contributed by atoms with van der Waals surface area (Å²) < 4.78 is 7.59. The summed E-state index contributed by atoms with van der Waals surface area (Å²) in [4.78, 5) is 2.30. The molecule has 0 spiro atoms. The van der Waals surface area contributed by atoms with Crippen LogP contribution in [0.25, 0.3) is 0 Å². The Balaban J connectivity index is 1.92. The number of fused-ring (bicyclic) bond motifs is 1. The lowest BCUT2D eigenvalue weighted by Gasteiger charge is -2.27. The summed E-state index contributed by atoms with van der Waals surface area (Å²) in [6.07, 6.45) is 3.18. The number of nitrogen functional groups attached to an aromatic ring is 1. The molecule has 0 atom stereocenters. The van der Waals surface area contributed by atoms with E-state index in [1.165, 1.54) is 11.3 Å². The van der Waals surface area contributed by atoms with Crippen LogP contribution in [0.4, 0.5) is 5.82 Å². The Morgan fingerprint density at radius 3 is 2.88 bits per heavy atom. The van der Waals surface area contributed by atoms with Gasteiger partial charge in [-0.1, -0.05) is 0 Å². The summed E-state index contributed by atoms with van der Waals surface area (Å²) >= 11 is 0. The number of hydrogen-bond donors (Lipinski definition) is 1. The van der Waals surface area contributed by atoms with Crippen molar-refractivity contribution in [3.8, 4) is 0 Å². The van der Waals surface area contributed by atoms with Gasteiger partial charge in [-0.3, -0.25) is 4.68 Å². The van der Waals surface area contributed by atoms with Gasteiger partial charge in [-0.25, -0.2) is 0 Å². The van der Waals surface area contributed by atoms with Gasteiger partial charge in [0, 0.05) is 44.0 Å². The summed E-state index contributed by atoms with van der Waals surface area (Å²) in [5.41, 5.74) is 8.64. The zero-order valence-electron chi connectivity index (χ0n) is 10.4. The van der Waals surface area contributed by atoms with Crippen LogP contribution in [0.15, 0.2) is 0 Å². The normalized spacial score (nSPS) is 22.6. The second-order valence-electron chi connectivity index (χ2n) is 5.09. The maximum Gasteiger partial charge on any atom is 0.150 e. The monoisotopic (exact) mass is 236 g/mol. The number of aromatic nitrogens is 2. The average molecular weight is 236 g/mol. The lowest BCUT2D eigenvalue weighted by molar-refractivity contribution is 0.0651. The van der Waals surface area contributed by atoms with E-state index in [4.69, 9.17) is 10.5 Å². The third-order valence-electron chi connectivity index (χ3n) is 3.84. The van der Waals surface area contributed by atoms with E-state index in [2.05, 4.69) is 21.7 Å². The van der Waals surface area contributed by atoms with Gasteiger partial charge in [-0.15, -0.1) is 0 Å². The minimum absolute atomic E-state index is 0.484. The van der Waals surface area contributed by atoms with Gasteiger partial charge in [-0.2, -0.15) is 5.10 Å². The molecule has 17 heavy (non-hydrogen) atoms. The molecule has 5 heteroatoms. The predicted octanol–water partition coefficient (Wildman–Crippen LogP) is 0.805. The molecule has 0 bridgehead atoms. The van der Waals surface area contributed by atoms with E-state index < -0.39 is 0 Å². The Kier molecular flexibility index (Phi) is 2.80. The Morgan fingerprint density at radius 2 is 2.12 bits per heavy atom. The van der Waals surface area contributed by atoms with E-state index in [0.29, 0.717) is 6.04 Å². The van der Waals surface area contributed by atoms with E-state index in [9.17, 15) is 0 Å². The highest BCUT2D eigenvalue weighted by atomic mass is 16.5. The molecule has 0 unspecified atom stereocenters. The van der Waals surface area contributed by atoms with Gasteiger partial charge in [0.25, 0.3) is 0 Å². The average Bonchev–Trinajstić information content (AvgIpc) is 2.68. The third-order valence-corrected chi connectivity index (χ3v) is 3.84. The largest absolute Gasteiger partial charge is 0.382 e. The van der Waals surface area contributed by atoms with Gasteiger partial charge in [0.15, 0.2) is 0 Å². The predicted molar refractivity (Wildman–Crippen MR) is 65.8 cm³/mol. The van der Waals surface area contributed by atoms with Crippen LogP contribution in [0.1, 0.15) is 30.1 Å². The Bertz CT molecular complexity index is 409. The second kappa shape index (κ2) is 4.31. The van der Waals surface area contributed by atoms with Gasteiger partial charge < -0.3 is 15.4 Å². The molecule has 0 amide bonds. The minimum atomic E-state index is 0.484. The van der Waals surface area contributed by atoms with Crippen LogP contribution in [0.3, 0.4) is 0 Å². The summed E-state index contributed by atoms with van der Waals surface area (Å²) in [5.74, 6) is 0.720. The van der Waals surface area contributed by atoms with Crippen LogP contribution in [-0.4, -0.2) is 41.5 Å². The Labute approximate surface area is 102 Å². The molecular weight excluding hydrogens is 216 g/mol. The van der Waals surface area contributed by atoms with Crippen molar-refractivity contribution in [2.75, 3.05) is 32.5 Å². The van der Waals surface area contributed by atoms with Crippen LogP contribution in [0, 0.1) is 0 Å². The molecule has 0 aromatic carbocycles. The molecule has 2 aliphatic heterocycles. The lowest BCUT2D eigenvalue weighted by atomic mass is 10.1. The van der Waals surface area contributed by atoms with Crippen molar-refractivity contribution >= 4 is 5.82 Å². The molecule has 0 saturated carbocycles. The van der Waals surface area contributed by atoms with Crippen molar-refractivity contribution in [3.63, 3.8) is 0 Å². The van der Waals surface area contributed by atoms with Crippen molar-refractivity contribution in [2.45, 2.75) is 31.8 Å². The quantitative estimate of drug-likeness (QED) is 0.784. The molecule has 1 aromatic heterocycles. The van der Waals surface area contributed by atoms with Crippen LogP contribution >= 0.6 is 0 Å². The van der Waals surface area contributed by atoms with Crippen LogP contribution in [-0.2, 0) is 17.7 Å². The molecule has 0 radical (unpaired) electrons. The fourth-order valence-electron chi connectivity index (χ4n) is 2.84. The highest BCUT2D eigenvalue weighted by Crippen LogP contribution is 2.29. The fraction of sp³-hybridized carbons (Fsp3) is 0.750. The number of anilines is 1. The molecule has 3 rings (SSSR count). The van der Waals surface area contributed by atoms with E-state index in [1.807, 2.05) is 0 Å². The molecule has 1 saturated heterocycles. The lowest BCUT2D eigenvalue weighted by Crippen LogP contribution is -2.29. The zero-order chi connectivity index (χ0) is 11.8. The van der Waals surface area contributed by atoms with Crippen LogP contribution in [0.5, 0.6) is 0 Å². The first kappa shape index (κ1) is 11.0. The first-order valence-electron chi connectivity index (χ1n) is 6.37. The number of rotatable bonds is 1. The number of hydrogen-bond acceptors (Lipinski definition) is 4. The number of nitrogens with two attached hydrogens (primary N) is 1. The Morgan fingerprint density at radius 1 is 1.35 bits per heavy atom. The van der Waals surface area contributed by atoms with Crippen molar-refractivity contribution in [1.29, 1.82) is 0 Å². The van der Waals surface area contributed by atoms with Crippen molar-refractivity contribution in [1.82, 2.24) is 14.7 Å². The summed E-state index contributed by atoms with van der Waals surface area (Å²) in [6, 6.07) is 0.484. The molecule has 3 heterocycles. The number of ether oxygens (including phenoxy) is 1. The highest BCUT2D eigenvalue weighted by molar-refractivity contribution is 5.44. The maximum atomic E-state index is 6.04. The molecule has 1 aromatic rings. The number of nitrogens with zero attached hydrogens (tertiary/aromatic N) is 3. The van der Waals surface area contributed by atoms with Crippen molar-refractivity contribution in [2.24, 2.45) is 0 Å². The molecule has 0 aliphatic carbocycles. The van der Waals surface area contributed by atoms with Crippen LogP contribution in [0.2, 0.25) is 0 Å². The highest BCUT2D eigenvalue weighted by Gasteiger charge is 2.26. The third kappa shape index (κ3) is 1.93.